The Labute approximate surface area is 172 Å². The van der Waals surface area contributed by atoms with Gasteiger partial charge in [-0.1, -0.05) is 0 Å². The first-order valence-electron chi connectivity index (χ1n) is 10.2. The minimum atomic E-state index is -0.0254. The Balaban J connectivity index is 0.00000225. The normalized spacial score (nSPS) is 26.2. The van der Waals surface area contributed by atoms with Crippen molar-refractivity contribution < 1.29 is 9.59 Å². The van der Waals surface area contributed by atoms with E-state index in [1.807, 2.05) is 33.8 Å². The fourth-order valence-electron chi connectivity index (χ4n) is 4.44. The van der Waals surface area contributed by atoms with Gasteiger partial charge in [0.05, 0.1) is 12.1 Å². The third-order valence-electron chi connectivity index (χ3n) is 6.16. The molecule has 1 N–H and O–H groups in total. The van der Waals surface area contributed by atoms with E-state index in [9.17, 15) is 9.59 Å². The summed E-state index contributed by atoms with van der Waals surface area (Å²) in [5, 5.41) is 7.91. The molecule has 28 heavy (non-hydrogen) atoms. The van der Waals surface area contributed by atoms with Gasteiger partial charge in [0.1, 0.15) is 5.69 Å². The smallest absolute Gasteiger partial charge is 0.274 e. The number of aromatic nitrogens is 2. The average molecular weight is 411 g/mol. The molecular weight excluding hydrogens is 380 g/mol. The predicted molar refractivity (Wildman–Crippen MR) is 109 cm³/mol. The summed E-state index contributed by atoms with van der Waals surface area (Å²) in [7, 11) is 2.02. The fourth-order valence-corrected chi connectivity index (χ4v) is 4.44. The van der Waals surface area contributed by atoms with Gasteiger partial charge >= 0.3 is 0 Å². The lowest BCUT2D eigenvalue weighted by molar-refractivity contribution is -0.137. The second-order valence-electron chi connectivity index (χ2n) is 7.94. The predicted octanol–water partition coefficient (Wildman–Crippen LogP) is 0.608. The maximum absolute atomic E-state index is 12.8. The van der Waals surface area contributed by atoms with Gasteiger partial charge in [0.2, 0.25) is 5.91 Å². The van der Waals surface area contributed by atoms with Crippen molar-refractivity contribution in [3.8, 4) is 0 Å². The average Bonchev–Trinajstić information content (AvgIpc) is 3.37. The summed E-state index contributed by atoms with van der Waals surface area (Å²) in [6.45, 7) is 5.35. The van der Waals surface area contributed by atoms with Crippen LogP contribution in [-0.4, -0.2) is 95.2 Å². The van der Waals surface area contributed by atoms with Crippen molar-refractivity contribution >= 4 is 24.2 Å². The van der Waals surface area contributed by atoms with E-state index in [4.69, 9.17) is 0 Å². The van der Waals surface area contributed by atoms with E-state index in [1.54, 1.807) is 0 Å². The van der Waals surface area contributed by atoms with Gasteiger partial charge in [0.15, 0.2) is 0 Å². The van der Waals surface area contributed by atoms with Crippen LogP contribution in [0.4, 0.5) is 0 Å². The summed E-state index contributed by atoms with van der Waals surface area (Å²) in [6.07, 6.45) is 6.19. The molecule has 0 saturated carbocycles. The van der Waals surface area contributed by atoms with Gasteiger partial charge in [0.25, 0.3) is 5.91 Å². The molecule has 156 valence electrons. The van der Waals surface area contributed by atoms with E-state index in [0.717, 1.165) is 45.3 Å². The second-order valence-corrected chi connectivity index (χ2v) is 7.94. The molecule has 0 aromatic carbocycles. The molecule has 2 amide bonds. The van der Waals surface area contributed by atoms with Crippen molar-refractivity contribution in [3.05, 3.63) is 18.0 Å². The van der Waals surface area contributed by atoms with Crippen molar-refractivity contribution in [2.24, 2.45) is 0 Å². The Morgan fingerprint density at radius 3 is 2.46 bits per heavy atom. The van der Waals surface area contributed by atoms with Crippen LogP contribution in [-0.2, 0) is 4.79 Å². The minimum absolute atomic E-state index is 0. The Morgan fingerprint density at radius 1 is 1.07 bits per heavy atom. The monoisotopic (exact) mass is 410 g/mol. The molecule has 8 nitrogen and oxygen atoms in total. The highest BCUT2D eigenvalue weighted by molar-refractivity contribution is 5.92. The van der Waals surface area contributed by atoms with Crippen molar-refractivity contribution in [2.75, 3.05) is 52.9 Å². The highest BCUT2D eigenvalue weighted by Gasteiger charge is 2.34. The molecule has 0 radical (unpaired) electrons. The number of carbonyl (C=O) groups is 2. The van der Waals surface area contributed by atoms with Crippen molar-refractivity contribution in [3.63, 3.8) is 0 Å². The lowest BCUT2D eigenvalue weighted by Gasteiger charge is -2.36. The van der Waals surface area contributed by atoms with E-state index in [0.29, 0.717) is 37.9 Å². The standard InChI is InChI=1S/C19H30N6O2.ClH/c1-22-8-3-5-17(22)19(27)24-12-10-23(11-13-24)18(26)16-6-9-25(21-16)15-4-2-7-20-14-15;/h6,9,15,17,20H,2-5,7-8,10-14H2,1H3;1H. The van der Waals surface area contributed by atoms with E-state index in [1.165, 1.54) is 0 Å². The number of piperidine rings is 1. The molecule has 0 aliphatic carbocycles. The lowest BCUT2D eigenvalue weighted by Crippen LogP contribution is -2.54. The number of nitrogens with one attached hydrogen (secondary N) is 1. The lowest BCUT2D eigenvalue weighted by atomic mass is 10.1. The van der Waals surface area contributed by atoms with Crippen LogP contribution in [0.2, 0.25) is 0 Å². The molecule has 3 aliphatic rings. The number of hydrogen-bond acceptors (Lipinski definition) is 5. The summed E-state index contributed by atoms with van der Waals surface area (Å²) in [6, 6.07) is 2.17. The summed E-state index contributed by atoms with van der Waals surface area (Å²) >= 11 is 0. The third kappa shape index (κ3) is 4.34. The van der Waals surface area contributed by atoms with Crippen molar-refractivity contribution in [1.29, 1.82) is 0 Å². The third-order valence-corrected chi connectivity index (χ3v) is 6.16. The van der Waals surface area contributed by atoms with Gasteiger partial charge in [-0.15, -0.1) is 12.4 Å². The van der Waals surface area contributed by atoms with Crippen LogP contribution in [0, 0.1) is 0 Å². The van der Waals surface area contributed by atoms with Gasteiger partial charge in [-0.2, -0.15) is 5.10 Å². The van der Waals surface area contributed by atoms with Crippen LogP contribution in [0.1, 0.15) is 42.2 Å². The van der Waals surface area contributed by atoms with E-state index in [2.05, 4.69) is 15.3 Å². The van der Waals surface area contributed by atoms with Crippen molar-refractivity contribution in [1.82, 2.24) is 29.8 Å². The number of amides is 2. The highest BCUT2D eigenvalue weighted by atomic mass is 35.5. The van der Waals surface area contributed by atoms with Crippen LogP contribution in [0.15, 0.2) is 12.3 Å². The zero-order valence-electron chi connectivity index (χ0n) is 16.5. The molecule has 3 aliphatic heterocycles. The Kier molecular flexibility index (Phi) is 6.95. The van der Waals surface area contributed by atoms with Crippen LogP contribution >= 0.6 is 12.4 Å². The fraction of sp³-hybridized carbons (Fsp3) is 0.737. The number of piperazine rings is 1. The quantitative estimate of drug-likeness (QED) is 0.790. The molecule has 0 spiro atoms. The molecule has 3 fully saturated rings. The van der Waals surface area contributed by atoms with Gasteiger partial charge in [-0.05, 0) is 51.9 Å². The van der Waals surface area contributed by atoms with Crippen molar-refractivity contribution in [2.45, 2.75) is 37.8 Å². The minimum Gasteiger partial charge on any atom is -0.338 e. The molecule has 0 bridgehead atoms. The number of likely N-dealkylation sites (tertiary alicyclic amines) is 1. The molecule has 1 aromatic rings. The number of halogens is 1. The summed E-state index contributed by atoms with van der Waals surface area (Å²) < 4.78 is 1.93. The van der Waals surface area contributed by atoms with Gasteiger partial charge in [0, 0.05) is 38.9 Å². The van der Waals surface area contributed by atoms with E-state index in [-0.39, 0.29) is 30.3 Å². The number of hydrogen-bond donors (Lipinski definition) is 1. The first kappa shape index (κ1) is 21.1. The molecule has 3 saturated heterocycles. The Morgan fingerprint density at radius 2 is 1.82 bits per heavy atom. The molecule has 2 unspecified atom stereocenters. The highest BCUT2D eigenvalue weighted by Crippen LogP contribution is 2.19. The van der Waals surface area contributed by atoms with Gasteiger partial charge in [-0.3, -0.25) is 19.2 Å². The van der Waals surface area contributed by atoms with E-state index < -0.39 is 0 Å². The summed E-state index contributed by atoms with van der Waals surface area (Å²) in [5.74, 6) is 0.193. The summed E-state index contributed by atoms with van der Waals surface area (Å²) in [5.41, 5.74) is 0.510. The number of rotatable bonds is 3. The molecule has 4 rings (SSSR count). The molecule has 9 heteroatoms. The SMILES string of the molecule is CN1CCCC1C(=O)N1CCN(C(=O)c2ccn(C3CCCNC3)n2)CC1.Cl. The van der Waals surface area contributed by atoms with Gasteiger partial charge in [-0.25, -0.2) is 0 Å². The van der Waals surface area contributed by atoms with Crippen LogP contribution < -0.4 is 5.32 Å². The topological polar surface area (TPSA) is 73.7 Å². The molecule has 4 heterocycles. The Hall–Kier alpha value is -1.64. The molecule has 2 atom stereocenters. The van der Waals surface area contributed by atoms with Crippen LogP contribution in [0.25, 0.3) is 0 Å². The van der Waals surface area contributed by atoms with Crippen LogP contribution in [0.5, 0.6) is 0 Å². The zero-order chi connectivity index (χ0) is 18.8. The number of nitrogens with zero attached hydrogens (tertiary/aromatic N) is 5. The second kappa shape index (κ2) is 9.24. The van der Waals surface area contributed by atoms with Gasteiger partial charge < -0.3 is 15.1 Å². The largest absolute Gasteiger partial charge is 0.338 e. The van der Waals surface area contributed by atoms with Crippen LogP contribution in [0.3, 0.4) is 0 Å². The number of likely N-dealkylation sites (N-methyl/N-ethyl adjacent to an activating group) is 1. The zero-order valence-corrected chi connectivity index (χ0v) is 17.4. The molecule has 1 aromatic heterocycles. The molecular formula is C19H31ClN6O2. The maximum atomic E-state index is 12.8. The maximum Gasteiger partial charge on any atom is 0.274 e. The summed E-state index contributed by atoms with van der Waals surface area (Å²) in [4.78, 5) is 31.4. The number of carbonyl (C=O) groups excluding carboxylic acids is 2. The first-order chi connectivity index (χ1) is 13.1. The first-order valence-corrected chi connectivity index (χ1v) is 10.2. The van der Waals surface area contributed by atoms with E-state index >= 15 is 0 Å². The Bertz CT molecular complexity index is 682.